The molecule has 3 rings (SSSR count). The molecule has 0 unspecified atom stereocenters. The Morgan fingerprint density at radius 1 is 1.11 bits per heavy atom. The summed E-state index contributed by atoms with van der Waals surface area (Å²) in [4.78, 5) is 17.0. The van der Waals surface area contributed by atoms with E-state index >= 15 is 0 Å². The first-order valence-electron chi connectivity index (χ1n) is 10.1. The van der Waals surface area contributed by atoms with Crippen molar-refractivity contribution in [3.8, 4) is 5.75 Å². The number of nitrogens with one attached hydrogen (secondary N) is 1. The van der Waals surface area contributed by atoms with E-state index in [1.165, 1.54) is 11.3 Å². The summed E-state index contributed by atoms with van der Waals surface area (Å²) in [5.41, 5.74) is 3.35. The third kappa shape index (κ3) is 5.26. The van der Waals surface area contributed by atoms with Crippen LogP contribution in [0.1, 0.15) is 31.7 Å². The number of ether oxygens (including phenoxy) is 1. The Morgan fingerprint density at radius 2 is 1.82 bits per heavy atom. The summed E-state index contributed by atoms with van der Waals surface area (Å²) in [6, 6.07) is 16.4. The molecule has 1 heterocycles. The summed E-state index contributed by atoms with van der Waals surface area (Å²) in [7, 11) is 1.69. The number of rotatable bonds is 7. The van der Waals surface area contributed by atoms with E-state index in [4.69, 9.17) is 4.74 Å². The monoisotopic (exact) mass is 381 g/mol. The predicted molar refractivity (Wildman–Crippen MR) is 115 cm³/mol. The lowest BCUT2D eigenvalue weighted by molar-refractivity contribution is -0.117. The van der Waals surface area contributed by atoms with Gasteiger partial charge >= 0.3 is 0 Å². The smallest absolute Gasteiger partial charge is 0.238 e. The number of hydrogen-bond acceptors (Lipinski definition) is 4. The van der Waals surface area contributed by atoms with Crippen molar-refractivity contribution in [1.82, 2.24) is 4.90 Å². The number of carbonyl (C=O) groups excluding carboxylic acids is 1. The highest BCUT2D eigenvalue weighted by Gasteiger charge is 2.19. The van der Waals surface area contributed by atoms with E-state index in [1.54, 1.807) is 7.11 Å². The molecule has 0 saturated carbocycles. The fraction of sp³-hybridized carbons (Fsp3) is 0.435. The van der Waals surface area contributed by atoms with E-state index in [0.29, 0.717) is 12.5 Å². The molecule has 28 heavy (non-hydrogen) atoms. The first kappa shape index (κ1) is 20.2. The average molecular weight is 382 g/mol. The van der Waals surface area contributed by atoms with Gasteiger partial charge in [-0.3, -0.25) is 9.69 Å². The van der Waals surface area contributed by atoms with Crippen molar-refractivity contribution >= 4 is 17.3 Å². The lowest BCUT2D eigenvalue weighted by Crippen LogP contribution is -2.48. The van der Waals surface area contributed by atoms with E-state index in [1.807, 2.05) is 24.3 Å². The zero-order valence-corrected chi connectivity index (χ0v) is 17.1. The van der Waals surface area contributed by atoms with Crippen LogP contribution in [0.15, 0.2) is 48.5 Å². The number of hydrogen-bond donors (Lipinski definition) is 1. The van der Waals surface area contributed by atoms with E-state index in [9.17, 15) is 4.79 Å². The third-order valence-corrected chi connectivity index (χ3v) is 5.53. The van der Waals surface area contributed by atoms with Gasteiger partial charge in [0, 0.05) is 43.6 Å². The molecular weight excluding hydrogens is 350 g/mol. The maximum Gasteiger partial charge on any atom is 0.238 e. The topological polar surface area (TPSA) is 44.8 Å². The molecule has 0 aromatic heterocycles. The van der Waals surface area contributed by atoms with E-state index < -0.39 is 0 Å². The van der Waals surface area contributed by atoms with E-state index in [0.717, 1.165) is 44.0 Å². The van der Waals surface area contributed by atoms with E-state index in [2.05, 4.69) is 53.2 Å². The first-order chi connectivity index (χ1) is 13.6. The molecule has 1 aliphatic rings. The second-order valence-corrected chi connectivity index (χ2v) is 7.44. The molecule has 1 N–H and O–H groups in total. The Kier molecular flexibility index (Phi) is 6.93. The number of benzene rings is 2. The van der Waals surface area contributed by atoms with Crippen molar-refractivity contribution in [3.05, 3.63) is 54.1 Å². The van der Waals surface area contributed by atoms with Crippen molar-refractivity contribution in [3.63, 3.8) is 0 Å². The normalized spacial score (nSPS) is 15.9. The summed E-state index contributed by atoms with van der Waals surface area (Å²) in [6.07, 6.45) is 1.12. The molecule has 0 spiro atoms. The number of anilines is 2. The van der Waals surface area contributed by atoms with Gasteiger partial charge in [0.15, 0.2) is 0 Å². The minimum atomic E-state index is 0.0473. The van der Waals surface area contributed by atoms with Crippen molar-refractivity contribution in [1.29, 1.82) is 0 Å². The molecule has 5 nitrogen and oxygen atoms in total. The molecule has 1 atom stereocenters. The lowest BCUT2D eigenvalue weighted by Gasteiger charge is -2.35. The summed E-state index contributed by atoms with van der Waals surface area (Å²) in [5, 5.41) is 3.02. The Labute approximate surface area is 168 Å². The van der Waals surface area contributed by atoms with Crippen LogP contribution in [-0.2, 0) is 4.79 Å². The fourth-order valence-corrected chi connectivity index (χ4v) is 3.51. The van der Waals surface area contributed by atoms with Crippen LogP contribution in [0.5, 0.6) is 5.75 Å². The van der Waals surface area contributed by atoms with Gasteiger partial charge in [0.2, 0.25) is 5.91 Å². The van der Waals surface area contributed by atoms with Crippen LogP contribution >= 0.6 is 0 Å². The fourth-order valence-electron chi connectivity index (χ4n) is 3.51. The third-order valence-electron chi connectivity index (χ3n) is 5.53. The van der Waals surface area contributed by atoms with E-state index in [-0.39, 0.29) is 5.91 Å². The van der Waals surface area contributed by atoms with Gasteiger partial charge in [-0.15, -0.1) is 0 Å². The lowest BCUT2D eigenvalue weighted by atomic mass is 9.99. The highest BCUT2D eigenvalue weighted by Crippen LogP contribution is 2.22. The quantitative estimate of drug-likeness (QED) is 0.788. The molecule has 1 fully saturated rings. The van der Waals surface area contributed by atoms with Crippen molar-refractivity contribution in [2.75, 3.05) is 50.1 Å². The van der Waals surface area contributed by atoms with Gasteiger partial charge in [-0.1, -0.05) is 32.0 Å². The Bertz CT molecular complexity index is 768. The molecule has 0 radical (unpaired) electrons. The summed E-state index contributed by atoms with van der Waals surface area (Å²) >= 11 is 0. The second-order valence-electron chi connectivity index (χ2n) is 7.44. The number of methoxy groups -OCH3 is 1. The highest BCUT2D eigenvalue weighted by molar-refractivity contribution is 5.92. The van der Waals surface area contributed by atoms with Crippen LogP contribution in [0.25, 0.3) is 0 Å². The highest BCUT2D eigenvalue weighted by atomic mass is 16.5. The standard InChI is InChI=1S/C23H31N3O2/c1-4-18(2)19-8-10-20(11-9-19)24-23(27)17-25-12-14-26(15-13-25)21-6-5-7-22(16-21)28-3/h5-11,16,18H,4,12-15,17H2,1-3H3,(H,24,27)/t18-/m1/s1. The second kappa shape index (κ2) is 9.60. The number of amides is 1. The van der Waals surface area contributed by atoms with Gasteiger partial charge in [-0.25, -0.2) is 0 Å². The average Bonchev–Trinajstić information content (AvgIpc) is 2.74. The Hall–Kier alpha value is -2.53. The van der Waals surface area contributed by atoms with Crippen molar-refractivity contribution < 1.29 is 9.53 Å². The van der Waals surface area contributed by atoms with Gasteiger partial charge in [0.05, 0.1) is 13.7 Å². The molecule has 0 bridgehead atoms. The maximum atomic E-state index is 12.4. The number of piperazine rings is 1. The zero-order chi connectivity index (χ0) is 19.9. The summed E-state index contributed by atoms with van der Waals surface area (Å²) < 4.78 is 5.31. The van der Waals surface area contributed by atoms with Gasteiger partial charge in [-0.2, -0.15) is 0 Å². The van der Waals surface area contributed by atoms with Crippen molar-refractivity contribution in [2.24, 2.45) is 0 Å². The zero-order valence-electron chi connectivity index (χ0n) is 17.1. The van der Waals surface area contributed by atoms with Crippen molar-refractivity contribution in [2.45, 2.75) is 26.2 Å². The molecule has 2 aromatic carbocycles. The molecule has 2 aromatic rings. The molecule has 1 amide bonds. The molecule has 1 aliphatic heterocycles. The van der Waals surface area contributed by atoms with Gasteiger partial charge in [-0.05, 0) is 42.2 Å². The summed E-state index contributed by atoms with van der Waals surface area (Å²) in [6.45, 7) is 8.40. The predicted octanol–water partition coefficient (Wildman–Crippen LogP) is 3.97. The van der Waals surface area contributed by atoms with Gasteiger partial charge in [0.25, 0.3) is 0 Å². The van der Waals surface area contributed by atoms with Crippen LogP contribution in [0.2, 0.25) is 0 Å². The largest absolute Gasteiger partial charge is 0.497 e. The van der Waals surface area contributed by atoms with Crippen LogP contribution < -0.4 is 15.0 Å². The van der Waals surface area contributed by atoms with Crippen LogP contribution in [0.4, 0.5) is 11.4 Å². The molecule has 5 heteroatoms. The number of carbonyl (C=O) groups is 1. The molecular formula is C23H31N3O2. The SMILES string of the molecule is CC[C@@H](C)c1ccc(NC(=O)CN2CCN(c3cccc(OC)c3)CC2)cc1. The minimum Gasteiger partial charge on any atom is -0.497 e. The van der Waals surface area contributed by atoms with Crippen LogP contribution in [0.3, 0.4) is 0 Å². The first-order valence-corrected chi connectivity index (χ1v) is 10.1. The molecule has 1 saturated heterocycles. The molecule has 0 aliphatic carbocycles. The Morgan fingerprint density at radius 3 is 2.46 bits per heavy atom. The molecule has 150 valence electrons. The van der Waals surface area contributed by atoms with Crippen LogP contribution in [-0.4, -0.2) is 50.6 Å². The van der Waals surface area contributed by atoms with Crippen LogP contribution in [0, 0.1) is 0 Å². The maximum absolute atomic E-state index is 12.4. The van der Waals surface area contributed by atoms with Gasteiger partial charge < -0.3 is 15.0 Å². The summed E-state index contributed by atoms with van der Waals surface area (Å²) in [5.74, 6) is 1.47. The van der Waals surface area contributed by atoms with Gasteiger partial charge in [0.1, 0.15) is 5.75 Å². The minimum absolute atomic E-state index is 0.0473. The Balaban J connectivity index is 1.47. The number of nitrogens with zero attached hydrogens (tertiary/aromatic N) is 2.